The highest BCUT2D eigenvalue weighted by atomic mass is 19.1. The van der Waals surface area contributed by atoms with Gasteiger partial charge in [0, 0.05) is 23.6 Å². The molecule has 39 heavy (non-hydrogen) atoms. The lowest BCUT2D eigenvalue weighted by molar-refractivity contribution is 0.0940. The van der Waals surface area contributed by atoms with Crippen molar-refractivity contribution >= 4 is 16.7 Å². The lowest BCUT2D eigenvalue weighted by atomic mass is 10.1. The molecular formula is C29H24F2N4O4. The van der Waals surface area contributed by atoms with Crippen LogP contribution in [0.4, 0.5) is 8.78 Å². The number of amides is 1. The Kier molecular flexibility index (Phi) is 7.09. The Morgan fingerprint density at radius 1 is 0.872 bits per heavy atom. The summed E-state index contributed by atoms with van der Waals surface area (Å²) in [7, 11) is 4.51. The summed E-state index contributed by atoms with van der Waals surface area (Å²) in [5.41, 5.74) is 1.51. The quantitative estimate of drug-likeness (QED) is 0.292. The number of benzene rings is 4. The Hall–Kier alpha value is -4.99. The summed E-state index contributed by atoms with van der Waals surface area (Å²) >= 11 is 0. The van der Waals surface area contributed by atoms with Crippen LogP contribution in [-0.4, -0.2) is 42.0 Å². The second-order valence-corrected chi connectivity index (χ2v) is 8.54. The summed E-state index contributed by atoms with van der Waals surface area (Å²) in [6, 6.07) is 20.0. The van der Waals surface area contributed by atoms with Gasteiger partial charge in [-0.2, -0.15) is 0 Å². The molecule has 0 bridgehead atoms. The molecule has 0 spiro atoms. The summed E-state index contributed by atoms with van der Waals surface area (Å²) in [5.74, 6) is -0.676. The first kappa shape index (κ1) is 25.7. The average Bonchev–Trinajstić information content (AvgIpc) is 3.39. The number of carbonyl (C=O) groups excluding carboxylic acids is 1. The fraction of sp³-hybridized carbons (Fsp3) is 0.138. The van der Waals surface area contributed by atoms with Crippen LogP contribution in [-0.2, 0) is 6.54 Å². The van der Waals surface area contributed by atoms with Crippen molar-refractivity contribution < 1.29 is 27.8 Å². The summed E-state index contributed by atoms with van der Waals surface area (Å²) in [4.78, 5) is 17.7. The maximum absolute atomic E-state index is 13.6. The Balaban J connectivity index is 1.62. The van der Waals surface area contributed by atoms with Crippen molar-refractivity contribution in [1.29, 1.82) is 0 Å². The molecule has 8 nitrogen and oxygen atoms in total. The maximum Gasteiger partial charge on any atom is 0.291 e. The smallest absolute Gasteiger partial charge is 0.291 e. The van der Waals surface area contributed by atoms with Crippen LogP contribution in [0.1, 0.15) is 16.2 Å². The van der Waals surface area contributed by atoms with Gasteiger partial charge in [-0.1, -0.05) is 36.4 Å². The van der Waals surface area contributed by atoms with Gasteiger partial charge in [-0.05, 0) is 41.3 Å². The molecule has 0 saturated heterocycles. The molecule has 0 radical (unpaired) electrons. The monoisotopic (exact) mass is 530 g/mol. The van der Waals surface area contributed by atoms with Crippen LogP contribution in [0.5, 0.6) is 17.2 Å². The van der Waals surface area contributed by atoms with E-state index >= 15 is 0 Å². The van der Waals surface area contributed by atoms with Gasteiger partial charge in [-0.25, -0.2) is 18.4 Å². The second kappa shape index (κ2) is 10.8. The van der Waals surface area contributed by atoms with Gasteiger partial charge in [0.2, 0.25) is 11.6 Å². The molecule has 1 amide bonds. The standard InChI is InChI=1S/C29H24F2N4O4/c1-37-24-13-19(14-25(38-2)26(24)39-3)28-33-27(29(36)32-16-17-11-20(30)15-21(31)12-17)34-35(28)23-10-6-8-18-7-4-5-9-22(18)23/h4-15H,16H2,1-3H3,(H,32,36). The molecule has 0 atom stereocenters. The van der Waals surface area contributed by atoms with Crippen LogP contribution in [0, 0.1) is 11.6 Å². The first-order valence-electron chi connectivity index (χ1n) is 11.9. The lowest BCUT2D eigenvalue weighted by Gasteiger charge is -2.15. The number of fused-ring (bicyclic) bond motifs is 1. The highest BCUT2D eigenvalue weighted by molar-refractivity contribution is 5.93. The number of hydrogen-bond donors (Lipinski definition) is 1. The summed E-state index contributed by atoms with van der Waals surface area (Å²) in [5, 5.41) is 9.04. The van der Waals surface area contributed by atoms with E-state index in [1.165, 1.54) is 21.3 Å². The molecule has 4 aromatic carbocycles. The van der Waals surface area contributed by atoms with E-state index in [1.54, 1.807) is 16.8 Å². The van der Waals surface area contributed by atoms with Crippen molar-refractivity contribution in [2.24, 2.45) is 0 Å². The number of ether oxygens (including phenoxy) is 3. The van der Waals surface area contributed by atoms with Crippen molar-refractivity contribution in [1.82, 2.24) is 20.1 Å². The number of halogens is 2. The number of aromatic nitrogens is 3. The topological polar surface area (TPSA) is 87.5 Å². The Labute approximate surface area is 222 Å². The van der Waals surface area contributed by atoms with Gasteiger partial charge in [0.15, 0.2) is 17.3 Å². The number of methoxy groups -OCH3 is 3. The number of nitrogens with zero attached hydrogens (tertiary/aromatic N) is 3. The zero-order chi connectivity index (χ0) is 27.5. The average molecular weight is 531 g/mol. The summed E-state index contributed by atoms with van der Waals surface area (Å²) < 4.78 is 45.2. The molecule has 0 fully saturated rings. The van der Waals surface area contributed by atoms with E-state index in [4.69, 9.17) is 14.2 Å². The first-order valence-corrected chi connectivity index (χ1v) is 11.9. The van der Waals surface area contributed by atoms with Crippen LogP contribution >= 0.6 is 0 Å². The molecule has 1 heterocycles. The number of rotatable bonds is 8. The van der Waals surface area contributed by atoms with Gasteiger partial charge in [0.05, 0.1) is 27.0 Å². The van der Waals surface area contributed by atoms with E-state index in [2.05, 4.69) is 15.4 Å². The molecule has 0 aliphatic carbocycles. The zero-order valence-corrected chi connectivity index (χ0v) is 21.4. The van der Waals surface area contributed by atoms with Gasteiger partial charge in [0.1, 0.15) is 11.6 Å². The molecule has 1 aromatic heterocycles. The van der Waals surface area contributed by atoms with E-state index in [-0.39, 0.29) is 17.9 Å². The largest absolute Gasteiger partial charge is 0.493 e. The highest BCUT2D eigenvalue weighted by Gasteiger charge is 2.23. The summed E-state index contributed by atoms with van der Waals surface area (Å²) in [6.45, 7) is -0.115. The molecule has 5 aromatic rings. The number of carbonyl (C=O) groups is 1. The van der Waals surface area contributed by atoms with Crippen LogP contribution in [0.2, 0.25) is 0 Å². The van der Waals surface area contributed by atoms with Gasteiger partial charge >= 0.3 is 0 Å². The minimum absolute atomic E-state index is 0.115. The Bertz CT molecular complexity index is 1640. The molecule has 198 valence electrons. The SMILES string of the molecule is COc1cc(-c2nc(C(=O)NCc3cc(F)cc(F)c3)nn2-c2cccc3ccccc23)cc(OC)c1OC. The van der Waals surface area contributed by atoms with E-state index in [1.807, 2.05) is 42.5 Å². The molecule has 0 aliphatic rings. The van der Waals surface area contributed by atoms with E-state index in [0.717, 1.165) is 29.0 Å². The van der Waals surface area contributed by atoms with Gasteiger partial charge in [0.25, 0.3) is 5.91 Å². The minimum atomic E-state index is -0.734. The van der Waals surface area contributed by atoms with Crippen LogP contribution < -0.4 is 19.5 Å². The molecule has 0 unspecified atom stereocenters. The Morgan fingerprint density at radius 3 is 2.21 bits per heavy atom. The summed E-state index contributed by atoms with van der Waals surface area (Å²) in [6.07, 6.45) is 0. The van der Waals surface area contributed by atoms with Crippen LogP contribution in [0.15, 0.2) is 72.8 Å². The predicted octanol–water partition coefficient (Wildman–Crippen LogP) is 5.32. The molecule has 10 heteroatoms. The van der Waals surface area contributed by atoms with E-state index < -0.39 is 17.5 Å². The van der Waals surface area contributed by atoms with Crippen LogP contribution in [0.25, 0.3) is 27.8 Å². The van der Waals surface area contributed by atoms with Crippen molar-refractivity contribution in [3.8, 4) is 34.3 Å². The second-order valence-electron chi connectivity index (χ2n) is 8.54. The lowest BCUT2D eigenvalue weighted by Crippen LogP contribution is -2.24. The molecule has 0 saturated carbocycles. The number of nitrogens with one attached hydrogen (secondary N) is 1. The molecule has 0 aliphatic heterocycles. The fourth-order valence-corrected chi connectivity index (χ4v) is 4.34. The molecular weight excluding hydrogens is 506 g/mol. The van der Waals surface area contributed by atoms with Crippen LogP contribution in [0.3, 0.4) is 0 Å². The zero-order valence-electron chi connectivity index (χ0n) is 21.4. The van der Waals surface area contributed by atoms with Gasteiger partial charge < -0.3 is 19.5 Å². The fourth-order valence-electron chi connectivity index (χ4n) is 4.34. The highest BCUT2D eigenvalue weighted by Crippen LogP contribution is 2.41. The molecule has 5 rings (SSSR count). The van der Waals surface area contributed by atoms with Gasteiger partial charge in [-0.3, -0.25) is 4.79 Å². The van der Waals surface area contributed by atoms with E-state index in [0.29, 0.717) is 34.3 Å². The third-order valence-electron chi connectivity index (χ3n) is 6.10. The predicted molar refractivity (Wildman–Crippen MR) is 141 cm³/mol. The third-order valence-corrected chi connectivity index (χ3v) is 6.10. The Morgan fingerprint density at radius 2 is 1.54 bits per heavy atom. The van der Waals surface area contributed by atoms with Crippen molar-refractivity contribution in [2.75, 3.05) is 21.3 Å². The third kappa shape index (κ3) is 5.08. The first-order chi connectivity index (χ1) is 18.9. The van der Waals surface area contributed by atoms with E-state index in [9.17, 15) is 13.6 Å². The maximum atomic E-state index is 13.6. The normalized spacial score (nSPS) is 10.9. The van der Waals surface area contributed by atoms with Crippen molar-refractivity contribution in [3.63, 3.8) is 0 Å². The van der Waals surface area contributed by atoms with Crippen molar-refractivity contribution in [2.45, 2.75) is 6.54 Å². The van der Waals surface area contributed by atoms with Gasteiger partial charge in [-0.15, -0.1) is 5.10 Å². The molecule has 1 N–H and O–H groups in total. The van der Waals surface area contributed by atoms with Crippen molar-refractivity contribution in [3.05, 3.63) is 95.8 Å². The minimum Gasteiger partial charge on any atom is -0.493 e. The number of hydrogen-bond acceptors (Lipinski definition) is 6.